The van der Waals surface area contributed by atoms with Crippen LogP contribution >= 0.6 is 0 Å². The zero-order valence-electron chi connectivity index (χ0n) is 9.12. The van der Waals surface area contributed by atoms with Gasteiger partial charge in [-0.3, -0.25) is 0 Å². The quantitative estimate of drug-likeness (QED) is 0.707. The van der Waals surface area contributed by atoms with Crippen LogP contribution in [0.1, 0.15) is 33.1 Å². The molecule has 0 amide bonds. The van der Waals surface area contributed by atoms with Gasteiger partial charge in [0.2, 0.25) is 0 Å². The van der Waals surface area contributed by atoms with Crippen LogP contribution in [0.15, 0.2) is 0 Å². The van der Waals surface area contributed by atoms with Crippen LogP contribution in [0.4, 0.5) is 0 Å². The molecule has 1 heterocycles. The average molecular weight is 219 g/mol. The van der Waals surface area contributed by atoms with Crippen molar-refractivity contribution >= 4 is 9.84 Å². The largest absolute Gasteiger partial charge is 0.313 e. The fraction of sp³-hybridized carbons (Fsp3) is 1.00. The van der Waals surface area contributed by atoms with Gasteiger partial charge in [-0.2, -0.15) is 0 Å². The Hall–Kier alpha value is -0.0900. The highest BCUT2D eigenvalue weighted by atomic mass is 32.2. The van der Waals surface area contributed by atoms with Crippen molar-refractivity contribution in [3.8, 4) is 0 Å². The molecule has 0 spiro atoms. The summed E-state index contributed by atoms with van der Waals surface area (Å²) in [6.45, 7) is 5.37. The molecule has 0 aliphatic carbocycles. The molecular weight excluding hydrogens is 198 g/mol. The van der Waals surface area contributed by atoms with E-state index in [1.807, 2.05) is 0 Å². The number of nitrogens with one attached hydrogen (secondary N) is 1. The predicted molar refractivity (Wildman–Crippen MR) is 59.1 cm³/mol. The highest BCUT2D eigenvalue weighted by molar-refractivity contribution is 7.91. The maximum Gasteiger partial charge on any atom is 0.151 e. The van der Waals surface area contributed by atoms with Gasteiger partial charge in [-0.1, -0.05) is 13.8 Å². The molecule has 1 rings (SSSR count). The lowest BCUT2D eigenvalue weighted by Gasteiger charge is -2.10. The van der Waals surface area contributed by atoms with Crippen molar-refractivity contribution in [2.75, 3.05) is 18.1 Å². The molecular formula is C10H21NO2S. The van der Waals surface area contributed by atoms with E-state index < -0.39 is 9.84 Å². The molecule has 3 nitrogen and oxygen atoms in total. The van der Waals surface area contributed by atoms with Crippen LogP contribution in [0.3, 0.4) is 0 Å². The van der Waals surface area contributed by atoms with Crippen molar-refractivity contribution in [3.63, 3.8) is 0 Å². The summed E-state index contributed by atoms with van der Waals surface area (Å²) in [5, 5.41) is 3.31. The average Bonchev–Trinajstić information content (AvgIpc) is 2.39. The first-order valence-electron chi connectivity index (χ1n) is 5.43. The topological polar surface area (TPSA) is 46.2 Å². The molecule has 0 aromatic heterocycles. The third-order valence-electron chi connectivity index (χ3n) is 2.62. The van der Waals surface area contributed by atoms with Crippen LogP contribution in [-0.4, -0.2) is 32.5 Å². The normalized spacial score (nSPS) is 25.8. The lowest BCUT2D eigenvalue weighted by atomic mass is 10.1. The number of sulfone groups is 1. The van der Waals surface area contributed by atoms with E-state index in [0.29, 0.717) is 11.5 Å². The minimum atomic E-state index is -2.71. The molecule has 0 radical (unpaired) electrons. The van der Waals surface area contributed by atoms with Crippen molar-refractivity contribution in [2.45, 2.75) is 39.2 Å². The smallest absolute Gasteiger partial charge is 0.151 e. The van der Waals surface area contributed by atoms with Crippen LogP contribution in [0.2, 0.25) is 0 Å². The SMILES string of the molecule is CC(C)CCCNC1CCS(=O)(=O)C1. The molecule has 1 atom stereocenters. The molecule has 1 saturated heterocycles. The molecule has 1 N–H and O–H groups in total. The van der Waals surface area contributed by atoms with Crippen molar-refractivity contribution in [3.05, 3.63) is 0 Å². The van der Waals surface area contributed by atoms with Gasteiger partial charge in [0, 0.05) is 6.04 Å². The Kier molecular flexibility index (Phi) is 4.38. The lowest BCUT2D eigenvalue weighted by Crippen LogP contribution is -2.30. The highest BCUT2D eigenvalue weighted by Gasteiger charge is 2.26. The monoisotopic (exact) mass is 219 g/mol. The zero-order chi connectivity index (χ0) is 10.6. The second-order valence-electron chi connectivity index (χ2n) is 4.59. The summed E-state index contributed by atoms with van der Waals surface area (Å²) in [7, 11) is -2.71. The van der Waals surface area contributed by atoms with E-state index >= 15 is 0 Å². The molecule has 4 heteroatoms. The van der Waals surface area contributed by atoms with Gasteiger partial charge < -0.3 is 5.32 Å². The second kappa shape index (κ2) is 5.12. The number of hydrogen-bond donors (Lipinski definition) is 1. The Balaban J connectivity index is 2.09. The van der Waals surface area contributed by atoms with E-state index in [0.717, 1.165) is 25.3 Å². The molecule has 0 saturated carbocycles. The molecule has 1 fully saturated rings. The summed E-state index contributed by atoms with van der Waals surface area (Å²) in [6, 6.07) is 0.215. The van der Waals surface area contributed by atoms with Gasteiger partial charge in [0.25, 0.3) is 0 Å². The Bertz CT molecular complexity index is 259. The first-order chi connectivity index (χ1) is 6.49. The van der Waals surface area contributed by atoms with Gasteiger partial charge in [-0.25, -0.2) is 8.42 Å². The van der Waals surface area contributed by atoms with E-state index in [1.165, 1.54) is 6.42 Å². The Morgan fingerprint density at radius 3 is 2.64 bits per heavy atom. The predicted octanol–water partition coefficient (Wildman–Crippen LogP) is 1.20. The summed E-state index contributed by atoms with van der Waals surface area (Å²) < 4.78 is 22.3. The molecule has 1 unspecified atom stereocenters. The zero-order valence-corrected chi connectivity index (χ0v) is 9.94. The van der Waals surface area contributed by atoms with Gasteiger partial charge in [-0.15, -0.1) is 0 Å². The summed E-state index contributed by atoms with van der Waals surface area (Å²) in [5.41, 5.74) is 0. The van der Waals surface area contributed by atoms with Crippen molar-refractivity contribution in [1.82, 2.24) is 5.32 Å². The number of rotatable bonds is 5. The summed E-state index contributed by atoms with van der Waals surface area (Å²) in [6.07, 6.45) is 3.16. The van der Waals surface area contributed by atoms with E-state index in [1.54, 1.807) is 0 Å². The summed E-state index contributed by atoms with van der Waals surface area (Å²) in [5.74, 6) is 1.45. The molecule has 14 heavy (non-hydrogen) atoms. The van der Waals surface area contributed by atoms with Crippen LogP contribution in [0.25, 0.3) is 0 Å². The lowest BCUT2D eigenvalue weighted by molar-refractivity contribution is 0.492. The first-order valence-corrected chi connectivity index (χ1v) is 7.25. The first kappa shape index (κ1) is 12.0. The van der Waals surface area contributed by atoms with Crippen molar-refractivity contribution < 1.29 is 8.42 Å². The third-order valence-corrected chi connectivity index (χ3v) is 4.39. The third kappa shape index (κ3) is 4.42. The van der Waals surface area contributed by atoms with Crippen LogP contribution in [-0.2, 0) is 9.84 Å². The standard InChI is InChI=1S/C10H21NO2S/c1-9(2)4-3-6-11-10-5-7-14(12,13)8-10/h9-11H,3-8H2,1-2H3. The maximum atomic E-state index is 11.1. The molecule has 0 aromatic carbocycles. The maximum absolute atomic E-state index is 11.1. The van der Waals surface area contributed by atoms with E-state index in [9.17, 15) is 8.42 Å². The van der Waals surface area contributed by atoms with Gasteiger partial charge >= 0.3 is 0 Å². The van der Waals surface area contributed by atoms with Crippen molar-refractivity contribution in [2.24, 2.45) is 5.92 Å². The molecule has 0 bridgehead atoms. The molecule has 0 aromatic rings. The van der Waals surface area contributed by atoms with Gasteiger partial charge in [0.15, 0.2) is 9.84 Å². The summed E-state index contributed by atoms with van der Waals surface area (Å²) in [4.78, 5) is 0. The summed E-state index contributed by atoms with van der Waals surface area (Å²) >= 11 is 0. The Labute approximate surface area is 87.2 Å². The minimum absolute atomic E-state index is 0.215. The Morgan fingerprint density at radius 2 is 2.14 bits per heavy atom. The van der Waals surface area contributed by atoms with Gasteiger partial charge in [0.05, 0.1) is 11.5 Å². The number of hydrogen-bond acceptors (Lipinski definition) is 3. The second-order valence-corrected chi connectivity index (χ2v) is 6.82. The molecule has 1 aliphatic rings. The van der Waals surface area contributed by atoms with Crippen LogP contribution in [0.5, 0.6) is 0 Å². The van der Waals surface area contributed by atoms with E-state index in [4.69, 9.17) is 0 Å². The van der Waals surface area contributed by atoms with E-state index in [2.05, 4.69) is 19.2 Å². The van der Waals surface area contributed by atoms with Gasteiger partial charge in [-0.05, 0) is 31.7 Å². The molecule has 1 aliphatic heterocycles. The minimum Gasteiger partial charge on any atom is -0.313 e. The van der Waals surface area contributed by atoms with Crippen LogP contribution in [0, 0.1) is 5.92 Å². The Morgan fingerprint density at radius 1 is 1.43 bits per heavy atom. The molecule has 84 valence electrons. The highest BCUT2D eigenvalue weighted by Crippen LogP contribution is 2.11. The fourth-order valence-corrected chi connectivity index (χ4v) is 3.48. The van der Waals surface area contributed by atoms with Crippen molar-refractivity contribution in [1.29, 1.82) is 0 Å². The van der Waals surface area contributed by atoms with Crippen LogP contribution < -0.4 is 5.32 Å². The van der Waals surface area contributed by atoms with Gasteiger partial charge in [0.1, 0.15) is 0 Å². The van der Waals surface area contributed by atoms with E-state index in [-0.39, 0.29) is 6.04 Å². The fourth-order valence-electron chi connectivity index (χ4n) is 1.77.